The predicted molar refractivity (Wildman–Crippen MR) is 107 cm³/mol. The minimum Gasteiger partial charge on any atom is -0.497 e. The molecule has 154 valence electrons. The fourth-order valence-electron chi connectivity index (χ4n) is 4.65. The first-order valence-corrected chi connectivity index (χ1v) is 10.4. The lowest BCUT2D eigenvalue weighted by atomic mass is 9.83. The molecule has 3 rings (SSSR count). The number of ether oxygens (including phenoxy) is 1. The largest absolute Gasteiger partial charge is 0.497 e. The van der Waals surface area contributed by atoms with Gasteiger partial charge in [0.25, 0.3) is 0 Å². The number of aliphatic hydroxyl groups is 1. The number of piperidine rings is 1. The van der Waals surface area contributed by atoms with Crippen LogP contribution in [0.15, 0.2) is 24.3 Å². The number of rotatable bonds is 7. The third kappa shape index (κ3) is 4.49. The van der Waals surface area contributed by atoms with Crippen LogP contribution in [0.4, 0.5) is 0 Å². The Morgan fingerprint density at radius 3 is 2.57 bits per heavy atom. The Hall–Kier alpha value is -2.08. The fraction of sp³-hybridized carbons (Fsp3) is 0.636. The number of nitrogens with one attached hydrogen (secondary N) is 1. The number of amides is 2. The zero-order chi connectivity index (χ0) is 20.1. The van der Waals surface area contributed by atoms with E-state index in [1.54, 1.807) is 12.0 Å². The third-order valence-corrected chi connectivity index (χ3v) is 6.27. The second-order valence-corrected chi connectivity index (χ2v) is 8.02. The molecule has 1 aliphatic heterocycles. The molecule has 0 radical (unpaired) electrons. The Balaban J connectivity index is 1.72. The van der Waals surface area contributed by atoms with Crippen molar-refractivity contribution in [2.24, 2.45) is 5.92 Å². The molecule has 0 unspecified atom stereocenters. The Morgan fingerprint density at radius 1 is 1.29 bits per heavy atom. The van der Waals surface area contributed by atoms with E-state index in [9.17, 15) is 14.7 Å². The summed E-state index contributed by atoms with van der Waals surface area (Å²) in [5, 5.41) is 13.5. The van der Waals surface area contributed by atoms with Gasteiger partial charge in [0.15, 0.2) is 0 Å². The van der Waals surface area contributed by atoms with Crippen molar-refractivity contribution >= 4 is 11.8 Å². The van der Waals surface area contributed by atoms with E-state index in [4.69, 9.17) is 4.74 Å². The van der Waals surface area contributed by atoms with Crippen LogP contribution in [0.25, 0.3) is 0 Å². The van der Waals surface area contributed by atoms with Crippen molar-refractivity contribution in [2.45, 2.75) is 63.5 Å². The second kappa shape index (κ2) is 8.95. The number of methoxy groups -OCH3 is 1. The number of hydrogen-bond acceptors (Lipinski definition) is 4. The molecule has 0 spiro atoms. The lowest BCUT2D eigenvalue weighted by molar-refractivity contribution is -0.143. The Morgan fingerprint density at radius 2 is 1.96 bits per heavy atom. The molecule has 1 heterocycles. The van der Waals surface area contributed by atoms with E-state index < -0.39 is 5.60 Å². The van der Waals surface area contributed by atoms with Crippen molar-refractivity contribution in [1.82, 2.24) is 10.2 Å². The molecule has 6 heteroatoms. The number of carbonyl (C=O) groups excluding carboxylic acids is 2. The number of likely N-dealkylation sites (tertiary alicyclic amines) is 1. The van der Waals surface area contributed by atoms with Gasteiger partial charge < -0.3 is 20.1 Å². The molecule has 2 amide bonds. The molecule has 2 aliphatic rings. The minimum atomic E-state index is -0.624. The first kappa shape index (κ1) is 20.6. The summed E-state index contributed by atoms with van der Waals surface area (Å²) in [5.41, 5.74) is 0.325. The molecule has 1 saturated carbocycles. The van der Waals surface area contributed by atoms with E-state index in [2.05, 4.69) is 5.32 Å². The van der Waals surface area contributed by atoms with Crippen molar-refractivity contribution in [3.05, 3.63) is 29.8 Å². The molecule has 28 heavy (non-hydrogen) atoms. The molecule has 0 bridgehead atoms. The predicted octanol–water partition coefficient (Wildman–Crippen LogP) is 2.81. The maximum atomic E-state index is 13.0. The van der Waals surface area contributed by atoms with E-state index in [1.165, 1.54) is 0 Å². The standard InChI is InChI=1S/C22H32N2O4/c1-3-24-19(25)11-10-18(20(24)16-6-8-17(28-2)9-7-16)21(26)23-15-14-22(27)12-4-5-13-22/h6-9,18,20,27H,3-5,10-15H2,1-2H3,(H,23,26)/t18-,20+/m1/s1. The highest BCUT2D eigenvalue weighted by Crippen LogP contribution is 2.37. The molecule has 2 N–H and O–H groups in total. The average Bonchev–Trinajstić information content (AvgIpc) is 3.14. The molecular formula is C22H32N2O4. The summed E-state index contributed by atoms with van der Waals surface area (Å²) in [6.07, 6.45) is 5.28. The van der Waals surface area contributed by atoms with Crippen molar-refractivity contribution in [3.63, 3.8) is 0 Å². The van der Waals surface area contributed by atoms with Crippen LogP contribution in [0, 0.1) is 5.92 Å². The summed E-state index contributed by atoms with van der Waals surface area (Å²) in [6.45, 7) is 2.99. The lowest BCUT2D eigenvalue weighted by Crippen LogP contribution is -2.48. The molecule has 6 nitrogen and oxygen atoms in total. The molecule has 0 aromatic heterocycles. The van der Waals surface area contributed by atoms with E-state index in [0.717, 1.165) is 37.0 Å². The fourth-order valence-corrected chi connectivity index (χ4v) is 4.65. The van der Waals surface area contributed by atoms with Gasteiger partial charge in [-0.1, -0.05) is 25.0 Å². The summed E-state index contributed by atoms with van der Waals surface area (Å²) in [4.78, 5) is 27.3. The van der Waals surface area contributed by atoms with Crippen molar-refractivity contribution in [1.29, 1.82) is 0 Å². The van der Waals surface area contributed by atoms with Gasteiger partial charge in [0.05, 0.1) is 24.7 Å². The van der Waals surface area contributed by atoms with Crippen LogP contribution in [0.1, 0.15) is 63.5 Å². The maximum Gasteiger partial charge on any atom is 0.225 e. The van der Waals surface area contributed by atoms with Crippen LogP contribution in [0.3, 0.4) is 0 Å². The molecular weight excluding hydrogens is 356 g/mol. The van der Waals surface area contributed by atoms with Gasteiger partial charge in [-0.15, -0.1) is 0 Å². The molecule has 1 aliphatic carbocycles. The van der Waals surface area contributed by atoms with Crippen LogP contribution >= 0.6 is 0 Å². The topological polar surface area (TPSA) is 78.9 Å². The molecule has 2 fully saturated rings. The van der Waals surface area contributed by atoms with Gasteiger partial charge in [0.1, 0.15) is 5.75 Å². The first-order chi connectivity index (χ1) is 13.5. The van der Waals surface area contributed by atoms with Crippen LogP contribution in [-0.4, -0.2) is 47.6 Å². The monoisotopic (exact) mass is 388 g/mol. The number of carbonyl (C=O) groups is 2. The summed E-state index contributed by atoms with van der Waals surface area (Å²) >= 11 is 0. The maximum absolute atomic E-state index is 13.0. The van der Waals surface area contributed by atoms with Gasteiger partial charge in [-0.2, -0.15) is 0 Å². The highest BCUT2D eigenvalue weighted by molar-refractivity contribution is 5.85. The smallest absolute Gasteiger partial charge is 0.225 e. The lowest BCUT2D eigenvalue weighted by Gasteiger charge is -2.40. The van der Waals surface area contributed by atoms with Crippen molar-refractivity contribution in [3.8, 4) is 5.75 Å². The number of hydrogen-bond donors (Lipinski definition) is 2. The highest BCUT2D eigenvalue weighted by Gasteiger charge is 2.40. The van der Waals surface area contributed by atoms with Crippen molar-refractivity contribution < 1.29 is 19.4 Å². The second-order valence-electron chi connectivity index (χ2n) is 8.02. The van der Waals surface area contributed by atoms with Gasteiger partial charge in [0, 0.05) is 19.5 Å². The van der Waals surface area contributed by atoms with E-state index in [-0.39, 0.29) is 23.8 Å². The Bertz CT molecular complexity index is 682. The SMILES string of the molecule is CCN1C(=O)CC[C@@H](C(=O)NCCC2(O)CCCC2)[C@@H]1c1ccc(OC)cc1. The summed E-state index contributed by atoms with van der Waals surface area (Å²) in [6, 6.07) is 7.34. The van der Waals surface area contributed by atoms with E-state index >= 15 is 0 Å². The average molecular weight is 389 g/mol. The van der Waals surface area contributed by atoms with E-state index in [0.29, 0.717) is 32.4 Å². The van der Waals surface area contributed by atoms with E-state index in [1.807, 2.05) is 31.2 Å². The number of nitrogens with zero attached hydrogens (tertiary/aromatic N) is 1. The van der Waals surface area contributed by atoms with Gasteiger partial charge >= 0.3 is 0 Å². The first-order valence-electron chi connectivity index (χ1n) is 10.4. The Kier molecular flexibility index (Phi) is 6.60. The summed E-state index contributed by atoms with van der Waals surface area (Å²) in [7, 11) is 1.62. The third-order valence-electron chi connectivity index (χ3n) is 6.27. The molecule has 2 atom stereocenters. The van der Waals surface area contributed by atoms with Crippen LogP contribution in [0.5, 0.6) is 5.75 Å². The van der Waals surface area contributed by atoms with Gasteiger partial charge in [-0.3, -0.25) is 9.59 Å². The van der Waals surface area contributed by atoms with Crippen LogP contribution in [0.2, 0.25) is 0 Å². The summed E-state index contributed by atoms with van der Waals surface area (Å²) < 4.78 is 5.23. The molecule has 1 saturated heterocycles. The van der Waals surface area contributed by atoms with Crippen LogP contribution < -0.4 is 10.1 Å². The zero-order valence-corrected chi connectivity index (χ0v) is 16.9. The van der Waals surface area contributed by atoms with Gasteiger partial charge in [-0.25, -0.2) is 0 Å². The zero-order valence-electron chi connectivity index (χ0n) is 16.9. The van der Waals surface area contributed by atoms with Crippen molar-refractivity contribution in [2.75, 3.05) is 20.2 Å². The quantitative estimate of drug-likeness (QED) is 0.753. The molecule has 1 aromatic carbocycles. The minimum absolute atomic E-state index is 0.0339. The normalized spacial score (nSPS) is 24.2. The molecule has 1 aromatic rings. The van der Waals surface area contributed by atoms with Crippen LogP contribution in [-0.2, 0) is 9.59 Å². The highest BCUT2D eigenvalue weighted by atomic mass is 16.5. The summed E-state index contributed by atoms with van der Waals surface area (Å²) in [5.74, 6) is 0.519. The Labute approximate surface area is 167 Å². The van der Waals surface area contributed by atoms with Gasteiger partial charge in [0.2, 0.25) is 11.8 Å². The van der Waals surface area contributed by atoms with Gasteiger partial charge in [-0.05, 0) is 50.3 Å². The number of benzene rings is 1.